The summed E-state index contributed by atoms with van der Waals surface area (Å²) in [6.45, 7) is 8.07. The molecule has 2 heteroatoms. The van der Waals surface area contributed by atoms with E-state index in [4.69, 9.17) is 4.74 Å². The third-order valence-electron chi connectivity index (χ3n) is 3.81. The van der Waals surface area contributed by atoms with Gasteiger partial charge in [-0.25, -0.2) is 0 Å². The molecule has 2 rings (SSSR count). The van der Waals surface area contributed by atoms with Gasteiger partial charge >= 0.3 is 0 Å². The fourth-order valence-corrected chi connectivity index (χ4v) is 2.69. The number of benzene rings is 2. The molecule has 0 aliphatic heterocycles. The van der Waals surface area contributed by atoms with Crippen molar-refractivity contribution >= 4 is 0 Å². The molecule has 2 aromatic carbocycles. The van der Waals surface area contributed by atoms with Crippen LogP contribution in [0.1, 0.15) is 40.8 Å². The van der Waals surface area contributed by atoms with Crippen LogP contribution in [0.3, 0.4) is 0 Å². The summed E-state index contributed by atoms with van der Waals surface area (Å²) in [5, 5.41) is 3.60. The second-order valence-electron chi connectivity index (χ2n) is 5.72. The highest BCUT2D eigenvalue weighted by atomic mass is 16.5. The van der Waals surface area contributed by atoms with E-state index in [1.54, 1.807) is 7.11 Å². The summed E-state index contributed by atoms with van der Waals surface area (Å²) in [4.78, 5) is 0. The third kappa shape index (κ3) is 4.42. The van der Waals surface area contributed by atoms with Crippen LogP contribution in [0.5, 0.6) is 0 Å². The van der Waals surface area contributed by atoms with Crippen LogP contribution in [-0.4, -0.2) is 7.11 Å². The Morgan fingerprint density at radius 2 is 1.81 bits per heavy atom. The molecule has 0 aliphatic rings. The Morgan fingerprint density at radius 3 is 2.52 bits per heavy atom. The van der Waals surface area contributed by atoms with Crippen LogP contribution in [0.15, 0.2) is 42.5 Å². The predicted molar refractivity (Wildman–Crippen MR) is 88.3 cm³/mol. The van der Waals surface area contributed by atoms with Crippen molar-refractivity contribution in [3.05, 3.63) is 70.3 Å². The Kier molecular flexibility index (Phi) is 5.54. The number of hydrogen-bond acceptors (Lipinski definition) is 2. The SMILES string of the molecule is COCc1cccc(CNC(C)c2ccc(C)cc2C)c1. The minimum absolute atomic E-state index is 0.344. The van der Waals surface area contributed by atoms with Crippen LogP contribution < -0.4 is 5.32 Å². The lowest BCUT2D eigenvalue weighted by molar-refractivity contribution is 0.185. The third-order valence-corrected chi connectivity index (χ3v) is 3.81. The number of ether oxygens (including phenoxy) is 1. The number of nitrogens with one attached hydrogen (secondary N) is 1. The molecule has 1 unspecified atom stereocenters. The van der Waals surface area contributed by atoms with Crippen LogP contribution >= 0.6 is 0 Å². The molecule has 0 saturated carbocycles. The quantitative estimate of drug-likeness (QED) is 0.853. The molecule has 0 saturated heterocycles. The summed E-state index contributed by atoms with van der Waals surface area (Å²) < 4.78 is 5.18. The molecule has 0 spiro atoms. The van der Waals surface area contributed by atoms with Gasteiger partial charge in [0, 0.05) is 19.7 Å². The number of aryl methyl sites for hydroxylation is 2. The Bertz CT molecular complexity index is 592. The normalized spacial score (nSPS) is 12.4. The highest BCUT2D eigenvalue weighted by molar-refractivity contribution is 5.32. The van der Waals surface area contributed by atoms with Gasteiger partial charge in [0.2, 0.25) is 0 Å². The van der Waals surface area contributed by atoms with Gasteiger partial charge in [0.1, 0.15) is 0 Å². The average Bonchev–Trinajstić information content (AvgIpc) is 2.45. The van der Waals surface area contributed by atoms with Gasteiger partial charge < -0.3 is 10.1 Å². The molecule has 0 bridgehead atoms. The molecule has 0 radical (unpaired) electrons. The first-order valence-electron chi connectivity index (χ1n) is 7.47. The van der Waals surface area contributed by atoms with E-state index in [0.29, 0.717) is 12.6 Å². The van der Waals surface area contributed by atoms with Crippen LogP contribution in [0.25, 0.3) is 0 Å². The summed E-state index contributed by atoms with van der Waals surface area (Å²) in [6.07, 6.45) is 0. The smallest absolute Gasteiger partial charge is 0.0713 e. The van der Waals surface area contributed by atoms with E-state index in [1.165, 1.54) is 27.8 Å². The fourth-order valence-electron chi connectivity index (χ4n) is 2.69. The van der Waals surface area contributed by atoms with Crippen molar-refractivity contribution in [2.24, 2.45) is 0 Å². The van der Waals surface area contributed by atoms with E-state index in [0.717, 1.165) is 6.54 Å². The second kappa shape index (κ2) is 7.39. The summed E-state index contributed by atoms with van der Waals surface area (Å²) in [6, 6.07) is 15.5. The lowest BCUT2D eigenvalue weighted by atomic mass is 10.00. The lowest BCUT2D eigenvalue weighted by Gasteiger charge is -2.17. The topological polar surface area (TPSA) is 21.3 Å². The zero-order valence-corrected chi connectivity index (χ0v) is 13.4. The van der Waals surface area contributed by atoms with Gasteiger partial charge in [-0.3, -0.25) is 0 Å². The highest BCUT2D eigenvalue weighted by Crippen LogP contribution is 2.19. The van der Waals surface area contributed by atoms with Crippen LogP contribution in [0, 0.1) is 13.8 Å². The number of rotatable bonds is 6. The van der Waals surface area contributed by atoms with Gasteiger partial charge in [-0.15, -0.1) is 0 Å². The molecular formula is C19H25NO. The van der Waals surface area contributed by atoms with Crippen LogP contribution in [0.4, 0.5) is 0 Å². The maximum atomic E-state index is 5.18. The van der Waals surface area contributed by atoms with Gasteiger partial charge in [0.05, 0.1) is 6.61 Å². The molecule has 0 amide bonds. The van der Waals surface area contributed by atoms with Crippen molar-refractivity contribution < 1.29 is 4.74 Å². The largest absolute Gasteiger partial charge is 0.380 e. The molecule has 21 heavy (non-hydrogen) atoms. The maximum Gasteiger partial charge on any atom is 0.0713 e. The molecule has 112 valence electrons. The van der Waals surface area contributed by atoms with Gasteiger partial charge in [0.25, 0.3) is 0 Å². The van der Waals surface area contributed by atoms with Gasteiger partial charge in [-0.2, -0.15) is 0 Å². The zero-order chi connectivity index (χ0) is 15.2. The van der Waals surface area contributed by atoms with Crippen molar-refractivity contribution in [3.8, 4) is 0 Å². The standard InChI is InChI=1S/C19H25NO/c1-14-8-9-19(15(2)10-14)16(3)20-12-17-6-5-7-18(11-17)13-21-4/h5-11,16,20H,12-13H2,1-4H3. The lowest BCUT2D eigenvalue weighted by Crippen LogP contribution is -2.19. The summed E-state index contributed by atoms with van der Waals surface area (Å²) in [7, 11) is 1.73. The van der Waals surface area contributed by atoms with Crippen molar-refractivity contribution in [1.82, 2.24) is 5.32 Å². The van der Waals surface area contributed by atoms with Crippen molar-refractivity contribution in [3.63, 3.8) is 0 Å². The van der Waals surface area contributed by atoms with E-state index in [1.807, 2.05) is 0 Å². The monoisotopic (exact) mass is 283 g/mol. The molecule has 2 nitrogen and oxygen atoms in total. The van der Waals surface area contributed by atoms with E-state index in [2.05, 4.69) is 68.6 Å². The van der Waals surface area contributed by atoms with E-state index in [9.17, 15) is 0 Å². The Labute approximate surface area is 128 Å². The molecule has 0 aliphatic carbocycles. The van der Waals surface area contributed by atoms with Gasteiger partial charge in [-0.05, 0) is 43.0 Å². The molecule has 0 aromatic heterocycles. The first kappa shape index (κ1) is 15.7. The molecule has 1 N–H and O–H groups in total. The molecule has 1 atom stereocenters. The summed E-state index contributed by atoms with van der Waals surface area (Å²) >= 11 is 0. The first-order valence-corrected chi connectivity index (χ1v) is 7.47. The number of hydrogen-bond donors (Lipinski definition) is 1. The molecule has 0 fully saturated rings. The molecular weight excluding hydrogens is 258 g/mol. The van der Waals surface area contributed by atoms with Crippen LogP contribution in [0.2, 0.25) is 0 Å². The van der Waals surface area contributed by atoms with Crippen molar-refractivity contribution in [1.29, 1.82) is 0 Å². The van der Waals surface area contributed by atoms with E-state index >= 15 is 0 Å². The number of methoxy groups -OCH3 is 1. The first-order chi connectivity index (χ1) is 10.1. The molecule has 2 aromatic rings. The van der Waals surface area contributed by atoms with Crippen molar-refractivity contribution in [2.45, 2.75) is 40.0 Å². The molecule has 0 heterocycles. The Balaban J connectivity index is 2.00. The Hall–Kier alpha value is -1.64. The minimum Gasteiger partial charge on any atom is -0.380 e. The van der Waals surface area contributed by atoms with Gasteiger partial charge in [0.15, 0.2) is 0 Å². The zero-order valence-electron chi connectivity index (χ0n) is 13.4. The van der Waals surface area contributed by atoms with E-state index in [-0.39, 0.29) is 0 Å². The fraction of sp³-hybridized carbons (Fsp3) is 0.368. The maximum absolute atomic E-state index is 5.18. The highest BCUT2D eigenvalue weighted by Gasteiger charge is 2.08. The second-order valence-corrected chi connectivity index (χ2v) is 5.72. The average molecular weight is 283 g/mol. The van der Waals surface area contributed by atoms with Crippen LogP contribution in [-0.2, 0) is 17.9 Å². The Morgan fingerprint density at radius 1 is 1.05 bits per heavy atom. The van der Waals surface area contributed by atoms with Crippen molar-refractivity contribution in [2.75, 3.05) is 7.11 Å². The van der Waals surface area contributed by atoms with Gasteiger partial charge in [-0.1, -0.05) is 48.0 Å². The minimum atomic E-state index is 0.344. The van der Waals surface area contributed by atoms with E-state index < -0.39 is 0 Å². The summed E-state index contributed by atoms with van der Waals surface area (Å²) in [5.74, 6) is 0. The summed E-state index contributed by atoms with van der Waals surface area (Å²) in [5.41, 5.74) is 6.55. The predicted octanol–water partition coefficient (Wildman–Crippen LogP) is 4.30.